The number of fused-ring (bicyclic) bond motifs is 2. The Hall–Kier alpha value is -3.35. The van der Waals surface area contributed by atoms with Crippen LogP contribution in [0.3, 0.4) is 0 Å². The molecule has 0 saturated carbocycles. The number of benzene rings is 3. The molecule has 2 atom stereocenters. The summed E-state index contributed by atoms with van der Waals surface area (Å²) < 4.78 is 0. The van der Waals surface area contributed by atoms with Crippen LogP contribution in [0.25, 0.3) is 44.3 Å². The number of imidazole rings is 2. The van der Waals surface area contributed by atoms with Crippen LogP contribution in [0.1, 0.15) is 49.4 Å². The quantitative estimate of drug-likeness (QED) is 0.356. The fourth-order valence-corrected chi connectivity index (χ4v) is 5.75. The average Bonchev–Trinajstić information content (AvgIpc) is 3.68. The Morgan fingerprint density at radius 2 is 1.03 bits per heavy atom. The van der Waals surface area contributed by atoms with Gasteiger partial charge in [0, 0.05) is 0 Å². The third kappa shape index (κ3) is 3.76. The SMILES string of the molecule is [B]N1CCC[C@H]1c1nc2ccc(-c3ccc(-c4ccc5nc([C@@H]6CCCN6[B])[nH]c5c4)cc3)cc2[nH]1. The molecular weight excluding hydrogens is 442 g/mol. The fraction of sp³-hybridized carbons (Fsp3) is 0.286. The minimum absolute atomic E-state index is 0.177. The number of nitrogens with zero attached hydrogens (tertiary/aromatic N) is 4. The first kappa shape index (κ1) is 21.9. The van der Waals surface area contributed by atoms with E-state index in [4.69, 9.17) is 25.9 Å². The van der Waals surface area contributed by atoms with E-state index in [1.807, 2.05) is 9.62 Å². The normalized spacial score (nSPS) is 21.2. The number of nitrogens with one attached hydrogen (secondary N) is 2. The maximum absolute atomic E-state index is 6.14. The van der Waals surface area contributed by atoms with Crippen molar-refractivity contribution >= 4 is 38.0 Å². The van der Waals surface area contributed by atoms with Crippen LogP contribution in [-0.4, -0.2) is 58.6 Å². The first-order valence-electron chi connectivity index (χ1n) is 12.8. The molecule has 4 heterocycles. The van der Waals surface area contributed by atoms with Gasteiger partial charge in [0.05, 0.1) is 34.2 Å². The van der Waals surface area contributed by atoms with E-state index in [0.29, 0.717) is 0 Å². The third-order valence-electron chi connectivity index (χ3n) is 7.77. The molecule has 2 saturated heterocycles. The van der Waals surface area contributed by atoms with Crippen molar-refractivity contribution in [2.75, 3.05) is 13.1 Å². The van der Waals surface area contributed by atoms with Crippen LogP contribution in [0.2, 0.25) is 0 Å². The second-order valence-corrected chi connectivity index (χ2v) is 10.1. The molecule has 4 radical (unpaired) electrons. The largest absolute Gasteiger partial charge is 0.345 e. The molecule has 36 heavy (non-hydrogen) atoms. The molecule has 0 amide bonds. The summed E-state index contributed by atoms with van der Waals surface area (Å²) >= 11 is 0. The second-order valence-electron chi connectivity index (χ2n) is 10.1. The smallest absolute Gasteiger partial charge is 0.183 e. The van der Waals surface area contributed by atoms with Gasteiger partial charge in [-0.15, -0.1) is 0 Å². The van der Waals surface area contributed by atoms with Gasteiger partial charge >= 0.3 is 0 Å². The zero-order chi connectivity index (χ0) is 24.2. The van der Waals surface area contributed by atoms with Crippen molar-refractivity contribution in [1.82, 2.24) is 29.6 Å². The summed E-state index contributed by atoms with van der Waals surface area (Å²) in [7, 11) is 12.3. The molecule has 2 aromatic heterocycles. The molecule has 5 aromatic rings. The van der Waals surface area contributed by atoms with E-state index in [0.717, 1.165) is 83.6 Å². The van der Waals surface area contributed by atoms with Crippen LogP contribution in [0, 0.1) is 0 Å². The first-order chi connectivity index (χ1) is 17.6. The van der Waals surface area contributed by atoms with Gasteiger partial charge in [0.25, 0.3) is 0 Å². The molecule has 2 aliphatic rings. The van der Waals surface area contributed by atoms with Crippen molar-refractivity contribution < 1.29 is 0 Å². The van der Waals surface area contributed by atoms with Crippen molar-refractivity contribution in [3.8, 4) is 22.3 Å². The Bertz CT molecular complexity index is 1440. The Kier molecular flexibility index (Phi) is 5.26. The van der Waals surface area contributed by atoms with Gasteiger partial charge in [-0.25, -0.2) is 9.97 Å². The predicted octanol–water partition coefficient (Wildman–Crippen LogP) is 5.21. The Morgan fingerprint density at radius 3 is 1.42 bits per heavy atom. The molecule has 174 valence electrons. The van der Waals surface area contributed by atoms with Crippen LogP contribution in [-0.2, 0) is 0 Å². The van der Waals surface area contributed by atoms with Gasteiger partial charge in [-0.1, -0.05) is 36.4 Å². The zero-order valence-corrected chi connectivity index (χ0v) is 20.1. The van der Waals surface area contributed by atoms with Crippen LogP contribution in [0.5, 0.6) is 0 Å². The molecule has 7 rings (SSSR count). The number of aromatic amines is 2. The van der Waals surface area contributed by atoms with Gasteiger partial charge in [0.1, 0.15) is 11.6 Å². The van der Waals surface area contributed by atoms with E-state index >= 15 is 0 Å². The minimum atomic E-state index is 0.177. The van der Waals surface area contributed by atoms with Crippen LogP contribution in [0.4, 0.5) is 0 Å². The summed E-state index contributed by atoms with van der Waals surface area (Å²) in [4.78, 5) is 20.4. The topological polar surface area (TPSA) is 63.8 Å². The van der Waals surface area contributed by atoms with E-state index < -0.39 is 0 Å². The first-order valence-corrected chi connectivity index (χ1v) is 12.8. The van der Waals surface area contributed by atoms with Crippen molar-refractivity contribution in [2.24, 2.45) is 0 Å². The molecule has 2 fully saturated rings. The molecule has 0 unspecified atom stereocenters. The molecule has 8 heteroatoms. The molecule has 2 aliphatic heterocycles. The summed E-state index contributed by atoms with van der Waals surface area (Å²) in [5.41, 5.74) is 8.73. The van der Waals surface area contributed by atoms with Crippen molar-refractivity contribution in [2.45, 2.75) is 37.8 Å². The molecule has 2 N–H and O–H groups in total. The second kappa shape index (κ2) is 8.64. The summed E-state index contributed by atoms with van der Waals surface area (Å²) in [5, 5.41) is 0. The van der Waals surface area contributed by atoms with Crippen LogP contribution >= 0.6 is 0 Å². The monoisotopic (exact) mass is 468 g/mol. The lowest BCUT2D eigenvalue weighted by Gasteiger charge is -2.16. The lowest BCUT2D eigenvalue weighted by molar-refractivity contribution is 0.419. The van der Waals surface area contributed by atoms with Gasteiger partial charge < -0.3 is 19.6 Å². The van der Waals surface area contributed by atoms with Crippen LogP contribution < -0.4 is 0 Å². The zero-order valence-electron chi connectivity index (χ0n) is 20.1. The predicted molar refractivity (Wildman–Crippen MR) is 145 cm³/mol. The number of hydrogen-bond acceptors (Lipinski definition) is 4. The van der Waals surface area contributed by atoms with Gasteiger partial charge in [-0.05, 0) is 85.3 Å². The van der Waals surface area contributed by atoms with E-state index in [1.165, 1.54) is 11.1 Å². The van der Waals surface area contributed by atoms with Gasteiger partial charge in [0.15, 0.2) is 16.0 Å². The highest BCUT2D eigenvalue weighted by Crippen LogP contribution is 2.33. The van der Waals surface area contributed by atoms with Crippen molar-refractivity contribution in [3.63, 3.8) is 0 Å². The summed E-state index contributed by atoms with van der Waals surface area (Å²) in [5.74, 6) is 1.92. The highest BCUT2D eigenvalue weighted by atomic mass is 15.1. The van der Waals surface area contributed by atoms with E-state index in [1.54, 1.807) is 0 Å². The summed E-state index contributed by atoms with van der Waals surface area (Å²) in [6.07, 6.45) is 4.30. The standard InChI is InChI=1S/C28H26B2N6/c29-35-13-1-3-25(35)27-31-21-11-9-19(15-23(21)33-27)17-5-7-18(8-6-17)20-10-12-22-24(16-20)34-28(32-22)26-4-2-14-36(26)30/h5-12,15-16,25-26H,1-4,13-14H2,(H,31,33)(H,32,34)/t25-,26-/m0/s1. The molecular formula is C28H26B2N6. The highest BCUT2D eigenvalue weighted by Gasteiger charge is 2.26. The number of aromatic nitrogens is 4. The lowest BCUT2D eigenvalue weighted by Crippen LogP contribution is -2.20. The van der Waals surface area contributed by atoms with E-state index in [2.05, 4.69) is 70.6 Å². The Balaban J connectivity index is 1.15. The molecule has 0 aliphatic carbocycles. The fourth-order valence-electron chi connectivity index (χ4n) is 5.75. The highest BCUT2D eigenvalue weighted by molar-refractivity contribution is 6.05. The minimum Gasteiger partial charge on any atom is -0.345 e. The average molecular weight is 468 g/mol. The number of H-pyrrole nitrogens is 2. The van der Waals surface area contributed by atoms with Crippen molar-refractivity contribution in [3.05, 3.63) is 72.3 Å². The van der Waals surface area contributed by atoms with Crippen molar-refractivity contribution in [1.29, 1.82) is 0 Å². The molecule has 0 spiro atoms. The Labute approximate surface area is 213 Å². The maximum atomic E-state index is 6.14. The van der Waals surface area contributed by atoms with E-state index in [9.17, 15) is 0 Å². The maximum Gasteiger partial charge on any atom is 0.183 e. The third-order valence-corrected chi connectivity index (χ3v) is 7.77. The number of rotatable bonds is 4. The number of hydrogen-bond donors (Lipinski definition) is 2. The van der Waals surface area contributed by atoms with Gasteiger partial charge in [-0.2, -0.15) is 0 Å². The van der Waals surface area contributed by atoms with E-state index in [-0.39, 0.29) is 12.1 Å². The molecule has 0 bridgehead atoms. The van der Waals surface area contributed by atoms with Gasteiger partial charge in [-0.3, -0.25) is 0 Å². The summed E-state index contributed by atoms with van der Waals surface area (Å²) in [6, 6.07) is 21.9. The van der Waals surface area contributed by atoms with Gasteiger partial charge in [0.2, 0.25) is 0 Å². The molecule has 3 aromatic carbocycles. The molecule has 6 nitrogen and oxygen atoms in total. The lowest BCUT2D eigenvalue weighted by atomic mass is 10.00. The van der Waals surface area contributed by atoms with Crippen LogP contribution in [0.15, 0.2) is 60.7 Å². The summed E-state index contributed by atoms with van der Waals surface area (Å²) in [6.45, 7) is 1.83. The Morgan fingerprint density at radius 1 is 0.611 bits per heavy atom.